The Morgan fingerprint density at radius 1 is 1.09 bits per heavy atom. The first kappa shape index (κ1) is 23.3. The number of aromatic nitrogens is 2. The lowest BCUT2D eigenvalue weighted by Crippen LogP contribution is -2.56. The van der Waals surface area contributed by atoms with Crippen molar-refractivity contribution in [2.75, 3.05) is 31.6 Å². The summed E-state index contributed by atoms with van der Waals surface area (Å²) in [5, 5.41) is 0. The molecule has 2 aliphatic rings. The molecule has 1 saturated heterocycles. The molecule has 1 unspecified atom stereocenters. The van der Waals surface area contributed by atoms with E-state index in [1.54, 1.807) is 19.5 Å². The Morgan fingerprint density at radius 3 is 2.66 bits per heavy atom. The third kappa shape index (κ3) is 5.61. The molecule has 1 aliphatic heterocycles. The van der Waals surface area contributed by atoms with Crippen molar-refractivity contribution >= 4 is 11.6 Å². The van der Waals surface area contributed by atoms with Gasteiger partial charge in [-0.05, 0) is 49.8 Å². The number of methoxy groups -OCH3 is 1. The molecule has 35 heavy (non-hydrogen) atoms. The summed E-state index contributed by atoms with van der Waals surface area (Å²) in [6.45, 7) is 2.19. The van der Waals surface area contributed by atoms with Crippen LogP contribution in [0.2, 0.25) is 0 Å². The van der Waals surface area contributed by atoms with Crippen molar-refractivity contribution < 1.29 is 14.3 Å². The average molecular weight is 475 g/mol. The second-order valence-corrected chi connectivity index (χ2v) is 9.45. The molecule has 1 N–H and O–H groups in total. The molecular weight excluding hydrogens is 440 g/mol. The first-order chi connectivity index (χ1) is 17.2. The van der Waals surface area contributed by atoms with Crippen LogP contribution < -0.4 is 14.4 Å². The van der Waals surface area contributed by atoms with Gasteiger partial charge in [0, 0.05) is 43.8 Å². The summed E-state index contributed by atoms with van der Waals surface area (Å²) in [5.41, 5.74) is 2.34. The molecule has 1 aliphatic carbocycles. The number of carbonyl (C=O) groups is 1. The maximum Gasteiger partial charge on any atom is 0.230 e. The Morgan fingerprint density at radius 2 is 1.91 bits per heavy atom. The number of hydrogen-bond acceptors (Lipinski definition) is 5. The SMILES string of the molecule is COc1ccc(N2CCN(C(=O)Cc3ncc[nH]3)C(Cc3ccccc3)C2)cc1OC1CCCC1. The van der Waals surface area contributed by atoms with E-state index in [1.165, 1.54) is 18.4 Å². The van der Waals surface area contributed by atoms with Gasteiger partial charge in [0.05, 0.1) is 25.7 Å². The standard InChI is InChI=1S/C28H34N4O3/c1-34-25-12-11-22(18-26(25)35-24-9-5-6-10-24)31-15-16-32(28(33)19-27-29-13-14-30-27)23(20-31)17-21-7-3-2-4-8-21/h2-4,7-8,11-14,18,23-24H,5-6,9-10,15-17,19-20H2,1H3,(H,29,30). The van der Waals surface area contributed by atoms with E-state index >= 15 is 0 Å². The van der Waals surface area contributed by atoms with Crippen LogP contribution in [0.4, 0.5) is 5.69 Å². The maximum absolute atomic E-state index is 13.3. The third-order valence-electron chi connectivity index (χ3n) is 7.10. The predicted octanol–water partition coefficient (Wildman–Crippen LogP) is 4.24. The number of hydrogen-bond donors (Lipinski definition) is 1. The van der Waals surface area contributed by atoms with Crippen molar-refractivity contribution in [2.24, 2.45) is 0 Å². The number of amides is 1. The number of rotatable bonds is 8. The van der Waals surface area contributed by atoms with E-state index in [9.17, 15) is 4.79 Å². The molecule has 5 rings (SSSR count). The van der Waals surface area contributed by atoms with E-state index in [-0.39, 0.29) is 18.1 Å². The Hall–Kier alpha value is -3.48. The van der Waals surface area contributed by atoms with Gasteiger partial charge < -0.3 is 24.3 Å². The maximum atomic E-state index is 13.3. The van der Waals surface area contributed by atoms with Gasteiger partial charge in [0.15, 0.2) is 11.5 Å². The number of piperazine rings is 1. The minimum absolute atomic E-state index is 0.0647. The van der Waals surface area contributed by atoms with Crippen LogP contribution in [-0.2, 0) is 17.6 Å². The van der Waals surface area contributed by atoms with Crippen molar-refractivity contribution in [3.05, 3.63) is 72.3 Å². The number of carbonyl (C=O) groups excluding carboxylic acids is 1. The number of aromatic amines is 1. The highest BCUT2D eigenvalue weighted by Gasteiger charge is 2.31. The highest BCUT2D eigenvalue weighted by Crippen LogP contribution is 2.35. The molecule has 7 nitrogen and oxygen atoms in total. The minimum Gasteiger partial charge on any atom is -0.493 e. The second kappa shape index (κ2) is 10.8. The van der Waals surface area contributed by atoms with Gasteiger partial charge >= 0.3 is 0 Å². The quantitative estimate of drug-likeness (QED) is 0.529. The van der Waals surface area contributed by atoms with Crippen molar-refractivity contribution in [3.8, 4) is 11.5 Å². The molecule has 2 aromatic carbocycles. The van der Waals surface area contributed by atoms with E-state index in [4.69, 9.17) is 9.47 Å². The zero-order chi connectivity index (χ0) is 24.0. The molecule has 3 aromatic rings. The summed E-state index contributed by atoms with van der Waals surface area (Å²) in [4.78, 5) is 25.0. The number of nitrogens with one attached hydrogen (secondary N) is 1. The molecule has 1 atom stereocenters. The number of ether oxygens (including phenoxy) is 2. The van der Waals surface area contributed by atoms with Crippen LogP contribution in [0.25, 0.3) is 0 Å². The van der Waals surface area contributed by atoms with E-state index in [1.807, 2.05) is 17.0 Å². The lowest BCUT2D eigenvalue weighted by molar-refractivity contribution is -0.133. The van der Waals surface area contributed by atoms with Crippen LogP contribution in [-0.4, -0.2) is 59.7 Å². The van der Waals surface area contributed by atoms with Gasteiger partial charge in [-0.15, -0.1) is 0 Å². The van der Waals surface area contributed by atoms with Crippen LogP contribution in [0.3, 0.4) is 0 Å². The number of nitrogens with zero attached hydrogens (tertiary/aromatic N) is 3. The van der Waals surface area contributed by atoms with E-state index in [0.717, 1.165) is 49.5 Å². The molecule has 184 valence electrons. The first-order valence-corrected chi connectivity index (χ1v) is 12.6. The molecule has 2 heterocycles. The molecule has 0 radical (unpaired) electrons. The molecule has 0 bridgehead atoms. The molecule has 7 heteroatoms. The average Bonchev–Trinajstić information content (AvgIpc) is 3.59. The van der Waals surface area contributed by atoms with Crippen LogP contribution in [0, 0.1) is 0 Å². The largest absolute Gasteiger partial charge is 0.493 e. The fraction of sp³-hybridized carbons (Fsp3) is 0.429. The van der Waals surface area contributed by atoms with Crippen molar-refractivity contribution in [1.82, 2.24) is 14.9 Å². The van der Waals surface area contributed by atoms with Crippen molar-refractivity contribution in [3.63, 3.8) is 0 Å². The number of benzene rings is 2. The molecule has 1 saturated carbocycles. The Bertz CT molecular complexity index is 1100. The van der Waals surface area contributed by atoms with Gasteiger partial charge in [0.1, 0.15) is 5.82 Å². The van der Waals surface area contributed by atoms with E-state index < -0.39 is 0 Å². The van der Waals surface area contributed by atoms with Gasteiger partial charge in [-0.25, -0.2) is 4.98 Å². The molecule has 2 fully saturated rings. The number of H-pyrrole nitrogens is 1. The first-order valence-electron chi connectivity index (χ1n) is 12.6. The lowest BCUT2D eigenvalue weighted by Gasteiger charge is -2.43. The number of imidazole rings is 1. The third-order valence-corrected chi connectivity index (χ3v) is 7.10. The molecule has 1 amide bonds. The Labute approximate surface area is 207 Å². The Kier molecular flexibility index (Phi) is 7.21. The molecule has 1 aromatic heterocycles. The summed E-state index contributed by atoms with van der Waals surface area (Å²) in [5.74, 6) is 2.40. The highest BCUT2D eigenvalue weighted by atomic mass is 16.5. The van der Waals surface area contributed by atoms with Crippen LogP contribution in [0.1, 0.15) is 37.1 Å². The zero-order valence-electron chi connectivity index (χ0n) is 20.4. The summed E-state index contributed by atoms with van der Waals surface area (Å²) in [6.07, 6.45) is 9.47. The van der Waals surface area contributed by atoms with Gasteiger partial charge in [-0.1, -0.05) is 30.3 Å². The lowest BCUT2D eigenvalue weighted by atomic mass is 10.0. The van der Waals surface area contributed by atoms with Gasteiger partial charge in [0.25, 0.3) is 0 Å². The van der Waals surface area contributed by atoms with Crippen molar-refractivity contribution in [2.45, 2.75) is 50.7 Å². The summed E-state index contributed by atoms with van der Waals surface area (Å²) < 4.78 is 11.9. The summed E-state index contributed by atoms with van der Waals surface area (Å²) in [6, 6.07) is 16.7. The van der Waals surface area contributed by atoms with Crippen LogP contribution in [0.15, 0.2) is 60.9 Å². The second-order valence-electron chi connectivity index (χ2n) is 9.45. The van der Waals surface area contributed by atoms with E-state index in [2.05, 4.69) is 51.3 Å². The fourth-order valence-electron chi connectivity index (χ4n) is 5.26. The zero-order valence-corrected chi connectivity index (χ0v) is 20.4. The summed E-state index contributed by atoms with van der Waals surface area (Å²) in [7, 11) is 1.69. The Balaban J connectivity index is 1.35. The van der Waals surface area contributed by atoms with Gasteiger partial charge in [0.2, 0.25) is 5.91 Å². The monoisotopic (exact) mass is 474 g/mol. The smallest absolute Gasteiger partial charge is 0.230 e. The number of anilines is 1. The van der Waals surface area contributed by atoms with Crippen LogP contribution >= 0.6 is 0 Å². The van der Waals surface area contributed by atoms with Gasteiger partial charge in [-0.3, -0.25) is 4.79 Å². The summed E-state index contributed by atoms with van der Waals surface area (Å²) >= 11 is 0. The van der Waals surface area contributed by atoms with Crippen molar-refractivity contribution in [1.29, 1.82) is 0 Å². The molecular formula is C28H34N4O3. The minimum atomic E-state index is 0.0647. The fourth-order valence-corrected chi connectivity index (χ4v) is 5.26. The highest BCUT2D eigenvalue weighted by molar-refractivity contribution is 5.79. The van der Waals surface area contributed by atoms with E-state index in [0.29, 0.717) is 18.8 Å². The van der Waals surface area contributed by atoms with Crippen LogP contribution in [0.5, 0.6) is 11.5 Å². The topological polar surface area (TPSA) is 70.7 Å². The molecule has 0 spiro atoms. The normalized spacial score (nSPS) is 18.6. The van der Waals surface area contributed by atoms with Gasteiger partial charge in [-0.2, -0.15) is 0 Å². The predicted molar refractivity (Wildman–Crippen MR) is 136 cm³/mol.